The molecule has 1 N–H and O–H groups in total. The summed E-state index contributed by atoms with van der Waals surface area (Å²) in [6, 6.07) is 4.84. The number of alkyl halides is 3. The summed E-state index contributed by atoms with van der Waals surface area (Å²) >= 11 is 0. The number of carboxylic acid groups (broad SMARTS) is 1. The lowest BCUT2D eigenvalue weighted by atomic mass is 10.5. The van der Waals surface area contributed by atoms with Gasteiger partial charge in [0.2, 0.25) is 0 Å². The number of hydrogen-bond acceptors (Lipinski definition) is 4. The second-order valence-electron chi connectivity index (χ2n) is 2.88. The smallest absolute Gasteiger partial charge is 0.475 e. The second-order valence-corrected chi connectivity index (χ2v) is 2.88. The predicted octanol–water partition coefficient (Wildman–Crippen LogP) is 0.723. The molecule has 0 saturated carbocycles. The van der Waals surface area contributed by atoms with Crippen LogP contribution >= 0.6 is 0 Å². The van der Waals surface area contributed by atoms with Gasteiger partial charge in [-0.1, -0.05) is 0 Å². The lowest BCUT2D eigenvalue weighted by Crippen LogP contribution is -2.21. The van der Waals surface area contributed by atoms with Crippen LogP contribution in [0.3, 0.4) is 0 Å². The normalized spacial score (nSPS) is 10.6. The van der Waals surface area contributed by atoms with E-state index in [0.717, 1.165) is 0 Å². The molecule has 0 aromatic carbocycles. The van der Waals surface area contributed by atoms with Gasteiger partial charge in [0.05, 0.1) is 0 Å². The molecule has 2 rings (SSSR count). The Morgan fingerprint density at radius 2 is 1.89 bits per heavy atom. The molecule has 9 heteroatoms. The van der Waals surface area contributed by atoms with Crippen LogP contribution in [0.2, 0.25) is 0 Å². The van der Waals surface area contributed by atoms with E-state index in [0.29, 0.717) is 5.65 Å². The first-order valence-electron chi connectivity index (χ1n) is 4.41. The van der Waals surface area contributed by atoms with Gasteiger partial charge in [0.1, 0.15) is 0 Å². The highest BCUT2D eigenvalue weighted by Gasteiger charge is 2.38. The molecule has 18 heavy (non-hydrogen) atoms. The zero-order chi connectivity index (χ0) is 13.8. The fraction of sp³-hybridized carbons (Fsp3) is 0.111. The minimum Gasteiger partial charge on any atom is -0.475 e. The van der Waals surface area contributed by atoms with Gasteiger partial charge < -0.3 is 5.11 Å². The molecule has 0 aliphatic carbocycles. The molecule has 0 radical (unpaired) electrons. The van der Waals surface area contributed by atoms with Crippen LogP contribution < -0.4 is 5.56 Å². The van der Waals surface area contributed by atoms with Crippen molar-refractivity contribution in [3.8, 4) is 0 Å². The zero-order valence-corrected chi connectivity index (χ0v) is 8.63. The Labute approximate surface area is 97.3 Å². The maximum Gasteiger partial charge on any atom is 0.490 e. The van der Waals surface area contributed by atoms with E-state index < -0.39 is 12.1 Å². The largest absolute Gasteiger partial charge is 0.490 e. The summed E-state index contributed by atoms with van der Waals surface area (Å²) in [7, 11) is 0. The summed E-state index contributed by atoms with van der Waals surface area (Å²) in [5.74, 6) is -2.76. The third-order valence-electron chi connectivity index (χ3n) is 1.61. The number of hydrogen-bond donors (Lipinski definition) is 1. The quantitative estimate of drug-likeness (QED) is 0.755. The Balaban J connectivity index is 0.000000203. The first-order valence-corrected chi connectivity index (χ1v) is 4.41. The van der Waals surface area contributed by atoms with Crippen LogP contribution in [0.1, 0.15) is 0 Å². The molecule has 6 nitrogen and oxygen atoms in total. The number of nitrogens with zero attached hydrogens (tertiary/aromatic N) is 3. The maximum atomic E-state index is 11.0. The molecule has 0 atom stereocenters. The molecule has 0 unspecified atom stereocenters. The van der Waals surface area contributed by atoms with E-state index >= 15 is 0 Å². The number of carboxylic acids is 1. The van der Waals surface area contributed by atoms with Crippen LogP contribution in [-0.2, 0) is 4.79 Å². The molecule has 0 spiro atoms. The van der Waals surface area contributed by atoms with Crippen molar-refractivity contribution in [1.29, 1.82) is 0 Å². The van der Waals surface area contributed by atoms with Crippen LogP contribution in [0.25, 0.3) is 5.65 Å². The van der Waals surface area contributed by atoms with E-state index in [2.05, 4.69) is 10.1 Å². The van der Waals surface area contributed by atoms with Crippen molar-refractivity contribution >= 4 is 11.6 Å². The van der Waals surface area contributed by atoms with Gasteiger partial charge in [-0.15, -0.1) is 0 Å². The highest BCUT2D eigenvalue weighted by molar-refractivity contribution is 5.73. The summed E-state index contributed by atoms with van der Waals surface area (Å²) in [6.07, 6.45) is -2.06. The van der Waals surface area contributed by atoms with E-state index in [1.54, 1.807) is 18.3 Å². The van der Waals surface area contributed by atoms with Crippen molar-refractivity contribution in [2.45, 2.75) is 6.18 Å². The average Bonchev–Trinajstić information content (AvgIpc) is 2.29. The Kier molecular flexibility index (Phi) is 3.97. The SMILES string of the molecule is O=C(O)C(F)(F)F.O=c1ccnc2cccnn12. The highest BCUT2D eigenvalue weighted by atomic mass is 19.4. The number of fused-ring (bicyclic) bond motifs is 1. The Morgan fingerprint density at radius 3 is 2.39 bits per heavy atom. The fourth-order valence-corrected chi connectivity index (χ4v) is 0.880. The number of rotatable bonds is 0. The maximum absolute atomic E-state index is 11.0. The van der Waals surface area contributed by atoms with E-state index in [9.17, 15) is 18.0 Å². The first-order chi connectivity index (χ1) is 8.32. The molecule has 0 fully saturated rings. The second kappa shape index (κ2) is 5.25. The Bertz CT molecular complexity index is 604. The molecule has 0 amide bonds. The van der Waals surface area contributed by atoms with Crippen molar-refractivity contribution in [2.75, 3.05) is 0 Å². The summed E-state index contributed by atoms with van der Waals surface area (Å²) < 4.78 is 33.0. The van der Waals surface area contributed by atoms with E-state index in [1.165, 1.54) is 16.8 Å². The molecule has 0 bridgehead atoms. The summed E-state index contributed by atoms with van der Waals surface area (Å²) in [5, 5.41) is 10.9. The molecule has 2 aromatic rings. The molecule has 0 aliphatic heterocycles. The van der Waals surface area contributed by atoms with Crippen molar-refractivity contribution in [3.05, 3.63) is 40.9 Å². The van der Waals surface area contributed by atoms with Crippen LogP contribution in [0, 0.1) is 0 Å². The van der Waals surface area contributed by atoms with Crippen LogP contribution in [0.4, 0.5) is 13.2 Å². The minimum absolute atomic E-state index is 0.157. The van der Waals surface area contributed by atoms with Gasteiger partial charge in [-0.2, -0.15) is 22.8 Å². The summed E-state index contributed by atoms with van der Waals surface area (Å²) in [5.41, 5.74) is 0.413. The number of aliphatic carboxylic acids is 1. The van der Waals surface area contributed by atoms with E-state index in [4.69, 9.17) is 9.90 Å². The highest BCUT2D eigenvalue weighted by Crippen LogP contribution is 2.13. The van der Waals surface area contributed by atoms with Crippen molar-refractivity contribution in [2.24, 2.45) is 0 Å². The van der Waals surface area contributed by atoms with Gasteiger partial charge in [0, 0.05) is 18.5 Å². The van der Waals surface area contributed by atoms with Crippen molar-refractivity contribution in [3.63, 3.8) is 0 Å². The third-order valence-corrected chi connectivity index (χ3v) is 1.61. The van der Waals surface area contributed by atoms with Gasteiger partial charge in [0.15, 0.2) is 5.65 Å². The lowest BCUT2D eigenvalue weighted by Gasteiger charge is -1.93. The van der Waals surface area contributed by atoms with E-state index in [-0.39, 0.29) is 5.56 Å². The predicted molar refractivity (Wildman–Crippen MR) is 52.9 cm³/mol. The monoisotopic (exact) mass is 261 g/mol. The topological polar surface area (TPSA) is 84.6 Å². The molecule has 0 saturated heterocycles. The van der Waals surface area contributed by atoms with Crippen molar-refractivity contribution < 1.29 is 23.1 Å². The fourth-order valence-electron chi connectivity index (χ4n) is 0.880. The Hall–Kier alpha value is -2.45. The lowest BCUT2D eigenvalue weighted by molar-refractivity contribution is -0.192. The zero-order valence-electron chi connectivity index (χ0n) is 8.63. The molecular weight excluding hydrogens is 255 g/mol. The van der Waals surface area contributed by atoms with E-state index in [1.807, 2.05) is 0 Å². The average molecular weight is 261 g/mol. The van der Waals surface area contributed by atoms with Gasteiger partial charge in [-0.3, -0.25) is 4.79 Å². The van der Waals surface area contributed by atoms with Crippen molar-refractivity contribution in [1.82, 2.24) is 14.6 Å². The van der Waals surface area contributed by atoms with Crippen LogP contribution in [0.5, 0.6) is 0 Å². The van der Waals surface area contributed by atoms with Crippen LogP contribution in [0.15, 0.2) is 35.4 Å². The van der Waals surface area contributed by atoms with Gasteiger partial charge in [0.25, 0.3) is 5.56 Å². The summed E-state index contributed by atoms with van der Waals surface area (Å²) in [6.45, 7) is 0. The summed E-state index contributed by atoms with van der Waals surface area (Å²) in [4.78, 5) is 23.9. The standard InChI is InChI=1S/C7H5N3O.C2HF3O2/c11-7-3-5-8-6-2-1-4-9-10(6)7;3-2(4,5)1(6)7/h1-5H;(H,6,7). The molecular formula is C9H6F3N3O3. The molecule has 2 aromatic heterocycles. The number of carbonyl (C=O) groups is 1. The van der Waals surface area contributed by atoms with Crippen LogP contribution in [-0.4, -0.2) is 31.9 Å². The molecule has 0 aliphatic rings. The minimum atomic E-state index is -5.08. The Morgan fingerprint density at radius 1 is 1.28 bits per heavy atom. The van der Waals surface area contributed by atoms with Gasteiger partial charge >= 0.3 is 12.1 Å². The first kappa shape index (κ1) is 13.6. The third kappa shape index (κ3) is 3.54. The van der Waals surface area contributed by atoms with Gasteiger partial charge in [-0.05, 0) is 12.1 Å². The molecule has 2 heterocycles. The number of halogens is 3. The van der Waals surface area contributed by atoms with Gasteiger partial charge in [-0.25, -0.2) is 9.78 Å². The molecule has 96 valence electrons. The number of aromatic nitrogens is 3.